The third kappa shape index (κ3) is 4.90. The van der Waals surface area contributed by atoms with E-state index in [-0.39, 0.29) is 27.1 Å². The van der Waals surface area contributed by atoms with Crippen LogP contribution >= 0.6 is 23.2 Å². The number of hydrogen-bond donors (Lipinski definition) is 0. The standard InChI is InChI=1S/C19H21Cl2N3O4S/c1-13(2)23-7-9-24(10-8-23)29(26,27)19-12-15(22-25)4-6-17(19)28-18-11-14(20)3-5-16(18)21/h3-6,11-13H,7-10H2,1-2H3. The zero-order chi connectivity index (χ0) is 21.2. The van der Waals surface area contributed by atoms with Gasteiger partial charge in [-0.2, -0.15) is 4.31 Å². The van der Waals surface area contributed by atoms with Crippen LogP contribution in [0.15, 0.2) is 46.5 Å². The lowest BCUT2D eigenvalue weighted by Gasteiger charge is -2.36. The minimum absolute atomic E-state index is 0.00562. The Labute approximate surface area is 180 Å². The average molecular weight is 458 g/mol. The topological polar surface area (TPSA) is 79.3 Å². The van der Waals surface area contributed by atoms with Crippen molar-refractivity contribution in [2.75, 3.05) is 26.2 Å². The normalized spacial score (nSPS) is 16.2. The lowest BCUT2D eigenvalue weighted by molar-refractivity contribution is 0.154. The molecule has 7 nitrogen and oxygen atoms in total. The molecule has 29 heavy (non-hydrogen) atoms. The van der Waals surface area contributed by atoms with Crippen molar-refractivity contribution >= 4 is 38.9 Å². The summed E-state index contributed by atoms with van der Waals surface area (Å²) >= 11 is 12.1. The summed E-state index contributed by atoms with van der Waals surface area (Å²) in [7, 11) is -3.91. The first-order valence-electron chi connectivity index (χ1n) is 9.07. The fourth-order valence-electron chi connectivity index (χ4n) is 3.11. The van der Waals surface area contributed by atoms with Crippen LogP contribution in [-0.4, -0.2) is 49.8 Å². The van der Waals surface area contributed by atoms with Crippen LogP contribution in [0.1, 0.15) is 13.8 Å². The molecule has 1 fully saturated rings. The van der Waals surface area contributed by atoms with Gasteiger partial charge in [-0.05, 0) is 49.4 Å². The van der Waals surface area contributed by atoms with Gasteiger partial charge < -0.3 is 4.74 Å². The molecule has 1 saturated heterocycles. The zero-order valence-corrected chi connectivity index (χ0v) is 18.3. The molecule has 0 aliphatic carbocycles. The van der Waals surface area contributed by atoms with Crippen LogP contribution in [0, 0.1) is 4.91 Å². The largest absolute Gasteiger partial charge is 0.454 e. The molecule has 2 aromatic carbocycles. The summed E-state index contributed by atoms with van der Waals surface area (Å²) in [4.78, 5) is 13.1. The summed E-state index contributed by atoms with van der Waals surface area (Å²) in [5.74, 6) is 0.264. The number of benzene rings is 2. The molecule has 0 amide bonds. The second-order valence-electron chi connectivity index (χ2n) is 6.93. The molecule has 0 bridgehead atoms. The maximum absolute atomic E-state index is 13.3. The number of piperazine rings is 1. The zero-order valence-electron chi connectivity index (χ0n) is 16.0. The Balaban J connectivity index is 1.97. The lowest BCUT2D eigenvalue weighted by atomic mass is 10.3. The fraction of sp³-hybridized carbons (Fsp3) is 0.368. The molecule has 0 N–H and O–H groups in total. The minimum atomic E-state index is -3.91. The molecule has 10 heteroatoms. The molecule has 3 rings (SSSR count). The molecular weight excluding hydrogens is 437 g/mol. The molecule has 156 valence electrons. The van der Waals surface area contributed by atoms with E-state index >= 15 is 0 Å². The Morgan fingerprint density at radius 1 is 1.00 bits per heavy atom. The van der Waals surface area contributed by atoms with Crippen LogP contribution < -0.4 is 4.74 Å². The Morgan fingerprint density at radius 3 is 2.31 bits per heavy atom. The Hall–Kier alpha value is -1.71. The Kier molecular flexibility index (Phi) is 6.80. The number of rotatable bonds is 6. The summed E-state index contributed by atoms with van der Waals surface area (Å²) in [5, 5.41) is 3.53. The molecule has 0 saturated carbocycles. The molecule has 1 heterocycles. The minimum Gasteiger partial charge on any atom is -0.454 e. The summed E-state index contributed by atoms with van der Waals surface area (Å²) in [5.41, 5.74) is -0.00562. The van der Waals surface area contributed by atoms with Crippen molar-refractivity contribution in [3.05, 3.63) is 51.4 Å². The molecule has 1 aliphatic heterocycles. The van der Waals surface area contributed by atoms with Crippen molar-refractivity contribution in [1.29, 1.82) is 0 Å². The first-order chi connectivity index (χ1) is 13.7. The van der Waals surface area contributed by atoms with Gasteiger partial charge in [0.15, 0.2) is 0 Å². The van der Waals surface area contributed by atoms with Gasteiger partial charge >= 0.3 is 0 Å². The first kappa shape index (κ1) is 22.0. The van der Waals surface area contributed by atoms with E-state index in [9.17, 15) is 13.3 Å². The predicted octanol–water partition coefficient (Wildman–Crippen LogP) is 4.90. The van der Waals surface area contributed by atoms with Gasteiger partial charge in [0.2, 0.25) is 10.0 Å². The molecule has 0 spiro atoms. The molecule has 2 aromatic rings. The number of ether oxygens (including phenoxy) is 1. The summed E-state index contributed by atoms with van der Waals surface area (Å²) in [6.07, 6.45) is 0. The highest BCUT2D eigenvalue weighted by Gasteiger charge is 2.32. The quantitative estimate of drug-likeness (QED) is 0.576. The van der Waals surface area contributed by atoms with E-state index in [4.69, 9.17) is 27.9 Å². The average Bonchev–Trinajstić information content (AvgIpc) is 2.71. The summed E-state index contributed by atoms with van der Waals surface area (Å²) in [6, 6.07) is 8.98. The highest BCUT2D eigenvalue weighted by Crippen LogP contribution is 2.37. The number of nitrogens with zero attached hydrogens (tertiary/aromatic N) is 3. The maximum Gasteiger partial charge on any atom is 0.246 e. The van der Waals surface area contributed by atoms with Gasteiger partial charge in [-0.15, -0.1) is 4.91 Å². The van der Waals surface area contributed by atoms with Gasteiger partial charge in [0, 0.05) is 43.3 Å². The van der Waals surface area contributed by atoms with Crippen LogP contribution in [-0.2, 0) is 10.0 Å². The van der Waals surface area contributed by atoms with Gasteiger partial charge in [-0.1, -0.05) is 23.2 Å². The van der Waals surface area contributed by atoms with E-state index < -0.39 is 10.0 Å². The third-order valence-electron chi connectivity index (χ3n) is 4.77. The maximum atomic E-state index is 13.3. The van der Waals surface area contributed by atoms with Gasteiger partial charge in [0.05, 0.1) is 5.02 Å². The highest BCUT2D eigenvalue weighted by molar-refractivity contribution is 7.89. The number of halogens is 2. The van der Waals surface area contributed by atoms with E-state index in [1.807, 2.05) is 0 Å². The van der Waals surface area contributed by atoms with Crippen molar-refractivity contribution in [2.24, 2.45) is 5.18 Å². The van der Waals surface area contributed by atoms with Crippen LogP contribution in [0.5, 0.6) is 11.5 Å². The smallest absolute Gasteiger partial charge is 0.246 e. The van der Waals surface area contributed by atoms with E-state index in [2.05, 4.69) is 23.9 Å². The van der Waals surface area contributed by atoms with E-state index in [1.165, 1.54) is 28.6 Å². The van der Waals surface area contributed by atoms with Gasteiger partial charge in [-0.25, -0.2) is 8.42 Å². The third-order valence-corrected chi connectivity index (χ3v) is 7.23. The molecular formula is C19H21Cl2N3O4S. The van der Waals surface area contributed by atoms with Crippen molar-refractivity contribution in [1.82, 2.24) is 9.21 Å². The second kappa shape index (κ2) is 8.97. The number of nitroso groups, excluding NO2 is 1. The van der Waals surface area contributed by atoms with Gasteiger partial charge in [0.25, 0.3) is 0 Å². The molecule has 0 unspecified atom stereocenters. The molecule has 1 aliphatic rings. The van der Waals surface area contributed by atoms with E-state index in [0.29, 0.717) is 37.2 Å². The molecule has 0 radical (unpaired) electrons. The van der Waals surface area contributed by atoms with Crippen LogP contribution in [0.4, 0.5) is 5.69 Å². The lowest BCUT2D eigenvalue weighted by Crippen LogP contribution is -2.50. The van der Waals surface area contributed by atoms with Crippen molar-refractivity contribution < 1.29 is 13.2 Å². The SMILES string of the molecule is CC(C)N1CCN(S(=O)(=O)c2cc(N=O)ccc2Oc2cc(Cl)ccc2Cl)CC1. The van der Waals surface area contributed by atoms with Gasteiger partial charge in [0.1, 0.15) is 22.1 Å². The summed E-state index contributed by atoms with van der Waals surface area (Å²) < 4.78 is 33.8. The van der Waals surface area contributed by atoms with Crippen LogP contribution in [0.25, 0.3) is 0 Å². The number of hydrogen-bond acceptors (Lipinski definition) is 6. The highest BCUT2D eigenvalue weighted by atomic mass is 35.5. The van der Waals surface area contributed by atoms with Gasteiger partial charge in [-0.3, -0.25) is 4.90 Å². The Morgan fingerprint density at radius 2 is 1.69 bits per heavy atom. The van der Waals surface area contributed by atoms with Crippen LogP contribution in [0.2, 0.25) is 10.0 Å². The van der Waals surface area contributed by atoms with Crippen molar-refractivity contribution in [2.45, 2.75) is 24.8 Å². The molecule has 0 atom stereocenters. The molecule has 0 aromatic heterocycles. The van der Waals surface area contributed by atoms with Crippen molar-refractivity contribution in [3.8, 4) is 11.5 Å². The van der Waals surface area contributed by atoms with Crippen molar-refractivity contribution in [3.63, 3.8) is 0 Å². The first-order valence-corrected chi connectivity index (χ1v) is 11.3. The Bertz CT molecular complexity index is 1010. The van der Waals surface area contributed by atoms with E-state index in [0.717, 1.165) is 0 Å². The fourth-order valence-corrected chi connectivity index (χ4v) is 4.99. The van der Waals surface area contributed by atoms with E-state index in [1.54, 1.807) is 12.1 Å². The predicted molar refractivity (Wildman–Crippen MR) is 114 cm³/mol. The van der Waals surface area contributed by atoms with Crippen LogP contribution in [0.3, 0.4) is 0 Å². The summed E-state index contributed by atoms with van der Waals surface area (Å²) in [6.45, 7) is 6.08. The second-order valence-corrected chi connectivity index (χ2v) is 9.68. The monoisotopic (exact) mass is 457 g/mol. The number of sulfonamides is 1.